The van der Waals surface area contributed by atoms with E-state index >= 15 is 0 Å². The number of aryl methyl sites for hydroxylation is 1. The summed E-state index contributed by atoms with van der Waals surface area (Å²) in [5, 5.41) is 10.1. The van der Waals surface area contributed by atoms with Crippen LogP contribution in [0.15, 0.2) is 18.2 Å². The third-order valence-electron chi connectivity index (χ3n) is 4.21. The highest BCUT2D eigenvalue weighted by Gasteiger charge is 2.27. The van der Waals surface area contributed by atoms with Gasteiger partial charge in [0.15, 0.2) is 0 Å². The molecule has 106 valence electrons. The second-order valence-corrected chi connectivity index (χ2v) is 5.89. The minimum atomic E-state index is -0.774. The molecule has 0 spiro atoms. The third kappa shape index (κ3) is 1.99. The Morgan fingerprint density at radius 3 is 2.85 bits per heavy atom. The summed E-state index contributed by atoms with van der Waals surface area (Å²) in [5.74, 6) is -0.704. The molecule has 3 rings (SSSR count). The van der Waals surface area contributed by atoms with Gasteiger partial charge in [-0.15, -0.1) is 0 Å². The van der Waals surface area contributed by atoms with Gasteiger partial charge in [-0.1, -0.05) is 13.8 Å². The van der Waals surface area contributed by atoms with E-state index in [0.29, 0.717) is 0 Å². The fraction of sp³-hybridized carbons (Fsp3) is 0.438. The molecular weight excluding hydrogens is 257 g/mol. The Bertz CT molecular complexity index is 687. The fourth-order valence-electron chi connectivity index (χ4n) is 3.29. The van der Waals surface area contributed by atoms with E-state index in [-0.39, 0.29) is 24.1 Å². The van der Waals surface area contributed by atoms with Crippen molar-refractivity contribution in [1.82, 2.24) is 4.57 Å². The summed E-state index contributed by atoms with van der Waals surface area (Å²) in [6.45, 7) is 4.87. The summed E-state index contributed by atoms with van der Waals surface area (Å²) in [6.07, 6.45) is 0.973. The summed E-state index contributed by atoms with van der Waals surface area (Å²) < 4.78 is 15.9. The van der Waals surface area contributed by atoms with Crippen molar-refractivity contribution in [2.24, 2.45) is 0 Å². The molecule has 1 N–H and O–H groups in total. The summed E-state index contributed by atoms with van der Waals surface area (Å²) in [7, 11) is 0. The first-order chi connectivity index (χ1) is 9.47. The molecule has 1 aliphatic rings. The Hall–Kier alpha value is -1.84. The van der Waals surface area contributed by atoms with Gasteiger partial charge < -0.3 is 9.67 Å². The lowest BCUT2D eigenvalue weighted by molar-refractivity contribution is -0.137. The highest BCUT2D eigenvalue weighted by atomic mass is 19.1. The van der Waals surface area contributed by atoms with Gasteiger partial charge in [0, 0.05) is 23.5 Å². The molecule has 0 unspecified atom stereocenters. The maximum atomic E-state index is 13.8. The van der Waals surface area contributed by atoms with E-state index < -0.39 is 5.97 Å². The molecule has 20 heavy (non-hydrogen) atoms. The Morgan fingerprint density at radius 2 is 2.20 bits per heavy atom. The second kappa shape index (κ2) is 4.62. The van der Waals surface area contributed by atoms with Gasteiger partial charge >= 0.3 is 5.97 Å². The number of benzene rings is 1. The molecule has 1 aromatic heterocycles. The number of nitrogens with zero attached hydrogens (tertiary/aromatic N) is 1. The van der Waals surface area contributed by atoms with Crippen molar-refractivity contribution in [1.29, 1.82) is 0 Å². The summed E-state index contributed by atoms with van der Waals surface area (Å²) >= 11 is 0. The number of fused-ring (bicyclic) bond motifs is 3. The zero-order valence-corrected chi connectivity index (χ0v) is 11.7. The lowest BCUT2D eigenvalue weighted by Gasteiger charge is -2.09. The predicted molar refractivity (Wildman–Crippen MR) is 75.6 cm³/mol. The molecule has 4 heteroatoms. The number of rotatable bonds is 3. The van der Waals surface area contributed by atoms with Crippen molar-refractivity contribution >= 4 is 16.9 Å². The van der Waals surface area contributed by atoms with Gasteiger partial charge in [0.05, 0.1) is 11.9 Å². The molecule has 2 aromatic rings. The van der Waals surface area contributed by atoms with Crippen molar-refractivity contribution in [2.45, 2.75) is 45.1 Å². The molecule has 0 amide bonds. The van der Waals surface area contributed by atoms with Gasteiger partial charge in [-0.25, -0.2) is 4.39 Å². The number of carbonyl (C=O) groups is 1. The lowest BCUT2D eigenvalue weighted by Crippen LogP contribution is -2.02. The van der Waals surface area contributed by atoms with Gasteiger partial charge in [0.1, 0.15) is 5.82 Å². The smallest absolute Gasteiger partial charge is 0.304 e. The van der Waals surface area contributed by atoms with Crippen LogP contribution in [0, 0.1) is 5.82 Å². The molecule has 0 saturated carbocycles. The Labute approximate surface area is 117 Å². The largest absolute Gasteiger partial charge is 0.481 e. The van der Waals surface area contributed by atoms with E-state index in [2.05, 4.69) is 10.6 Å². The number of aliphatic carboxylic acids is 1. The van der Waals surface area contributed by atoms with Crippen LogP contribution < -0.4 is 0 Å². The molecule has 0 saturated heterocycles. The van der Waals surface area contributed by atoms with Crippen LogP contribution in [-0.2, 0) is 11.3 Å². The van der Waals surface area contributed by atoms with E-state index in [1.165, 1.54) is 0 Å². The first-order valence-corrected chi connectivity index (χ1v) is 7.01. The molecule has 2 heterocycles. The van der Waals surface area contributed by atoms with Crippen LogP contribution in [-0.4, -0.2) is 15.6 Å². The van der Waals surface area contributed by atoms with Crippen LogP contribution in [0.5, 0.6) is 0 Å². The number of hydrogen-bond donors (Lipinski definition) is 1. The highest BCUT2D eigenvalue weighted by Crippen LogP contribution is 2.38. The van der Waals surface area contributed by atoms with Crippen molar-refractivity contribution in [2.75, 3.05) is 0 Å². The molecule has 0 fully saturated rings. The topological polar surface area (TPSA) is 42.2 Å². The molecule has 0 bridgehead atoms. The van der Waals surface area contributed by atoms with Crippen molar-refractivity contribution < 1.29 is 14.3 Å². The maximum absolute atomic E-state index is 13.8. The SMILES string of the molecule is CC(C)c1cc(F)cc2c1cc1n2CC[C@@H]1CC(=O)O. The van der Waals surface area contributed by atoms with Gasteiger partial charge in [-0.05, 0) is 36.1 Å². The van der Waals surface area contributed by atoms with E-state index in [1.807, 2.05) is 13.8 Å². The average molecular weight is 275 g/mol. The summed E-state index contributed by atoms with van der Waals surface area (Å²) in [4.78, 5) is 10.9. The molecule has 1 aromatic carbocycles. The van der Waals surface area contributed by atoms with Crippen molar-refractivity contribution in [3.05, 3.63) is 35.3 Å². The van der Waals surface area contributed by atoms with Crippen molar-refractivity contribution in [3.8, 4) is 0 Å². The second-order valence-electron chi connectivity index (χ2n) is 5.89. The first kappa shape index (κ1) is 13.2. The van der Waals surface area contributed by atoms with Gasteiger partial charge in [-0.2, -0.15) is 0 Å². The van der Waals surface area contributed by atoms with Gasteiger partial charge in [-0.3, -0.25) is 4.79 Å². The van der Waals surface area contributed by atoms with Crippen LogP contribution in [0.3, 0.4) is 0 Å². The predicted octanol–water partition coefficient (Wildman–Crippen LogP) is 3.87. The van der Waals surface area contributed by atoms with E-state index in [4.69, 9.17) is 5.11 Å². The number of halogens is 1. The standard InChI is InChI=1S/C16H18FNO2/c1-9(2)12-6-11(17)7-15-13(12)8-14-10(5-16(19)20)3-4-18(14)15/h6-10H,3-5H2,1-2H3,(H,19,20)/t10-/m1/s1. The maximum Gasteiger partial charge on any atom is 0.304 e. The zero-order valence-electron chi connectivity index (χ0n) is 11.7. The molecule has 0 aliphatic carbocycles. The van der Waals surface area contributed by atoms with Crippen molar-refractivity contribution in [3.63, 3.8) is 0 Å². The van der Waals surface area contributed by atoms with E-state index in [1.54, 1.807) is 12.1 Å². The number of hydrogen-bond acceptors (Lipinski definition) is 1. The van der Waals surface area contributed by atoms with Crippen LogP contribution in [0.2, 0.25) is 0 Å². The zero-order chi connectivity index (χ0) is 14.4. The first-order valence-electron chi connectivity index (χ1n) is 7.01. The molecule has 3 nitrogen and oxygen atoms in total. The average Bonchev–Trinajstić information content (AvgIpc) is 2.88. The Kier molecular flexibility index (Phi) is 3.04. The Morgan fingerprint density at radius 1 is 1.45 bits per heavy atom. The van der Waals surface area contributed by atoms with Gasteiger partial charge in [0.25, 0.3) is 0 Å². The molecule has 1 atom stereocenters. The highest BCUT2D eigenvalue weighted by molar-refractivity contribution is 5.86. The van der Waals surface area contributed by atoms with E-state index in [9.17, 15) is 9.18 Å². The van der Waals surface area contributed by atoms with Crippen LogP contribution in [0.25, 0.3) is 10.9 Å². The number of carboxylic acids is 1. The summed E-state index contributed by atoms with van der Waals surface area (Å²) in [5.41, 5.74) is 2.93. The fourth-order valence-corrected chi connectivity index (χ4v) is 3.29. The minimum absolute atomic E-state index is 0.0444. The summed E-state index contributed by atoms with van der Waals surface area (Å²) in [6, 6.07) is 5.22. The Balaban J connectivity index is 2.17. The minimum Gasteiger partial charge on any atom is -0.481 e. The van der Waals surface area contributed by atoms with Crippen LogP contribution in [0.4, 0.5) is 4.39 Å². The monoisotopic (exact) mass is 275 g/mol. The number of carboxylic acid groups (broad SMARTS) is 1. The molecule has 1 aliphatic heterocycles. The molecular formula is C16H18FNO2. The number of aromatic nitrogens is 1. The lowest BCUT2D eigenvalue weighted by atomic mass is 9.96. The normalized spacial score (nSPS) is 17.9. The van der Waals surface area contributed by atoms with Gasteiger partial charge in [0.2, 0.25) is 0 Å². The van der Waals surface area contributed by atoms with Crippen LogP contribution >= 0.6 is 0 Å². The molecule has 0 radical (unpaired) electrons. The quantitative estimate of drug-likeness (QED) is 0.924. The van der Waals surface area contributed by atoms with Crippen LogP contribution in [0.1, 0.15) is 49.8 Å². The third-order valence-corrected chi connectivity index (χ3v) is 4.21. The van der Waals surface area contributed by atoms with E-state index in [0.717, 1.165) is 35.1 Å².